The van der Waals surface area contributed by atoms with Crippen molar-refractivity contribution in [2.75, 3.05) is 0 Å². The van der Waals surface area contributed by atoms with Crippen molar-refractivity contribution in [3.05, 3.63) is 22.5 Å². The molecule has 4 heteroatoms. The molecule has 4 nitrogen and oxygen atoms in total. The van der Waals surface area contributed by atoms with Crippen molar-refractivity contribution in [2.24, 2.45) is 11.8 Å². The molecule has 1 heterocycles. The van der Waals surface area contributed by atoms with Crippen LogP contribution in [-0.2, 0) is 0 Å². The second-order valence-electron chi connectivity index (χ2n) is 6.53. The zero-order valence-electron chi connectivity index (χ0n) is 13.7. The topological polar surface area (TPSA) is 62.0 Å². The van der Waals surface area contributed by atoms with E-state index >= 15 is 0 Å². The lowest BCUT2D eigenvalue weighted by atomic mass is 9.78. The molecule has 1 aromatic rings. The highest BCUT2D eigenvalue weighted by molar-refractivity contribution is 6.02. The van der Waals surface area contributed by atoms with E-state index in [-0.39, 0.29) is 17.7 Å². The Morgan fingerprint density at radius 2 is 1.86 bits per heavy atom. The minimum absolute atomic E-state index is 0.0000401. The minimum atomic E-state index is -0.0888. The van der Waals surface area contributed by atoms with E-state index in [9.17, 15) is 9.59 Å². The normalized spacial score (nSPS) is 25.7. The predicted molar refractivity (Wildman–Crippen MR) is 83.7 cm³/mol. The highest BCUT2D eigenvalue weighted by Gasteiger charge is 2.29. The van der Waals surface area contributed by atoms with Gasteiger partial charge in [0.25, 0.3) is 5.91 Å². The van der Waals surface area contributed by atoms with Crippen LogP contribution >= 0.6 is 0 Å². The molecule has 0 bridgehead atoms. The predicted octanol–water partition coefficient (Wildman–Crippen LogP) is 3.39. The number of aryl methyl sites for hydroxylation is 1. The molecule has 1 saturated carbocycles. The fourth-order valence-corrected chi connectivity index (χ4v) is 3.53. The number of hydrogen-bond acceptors (Lipinski definition) is 2. The number of aromatic nitrogens is 1. The molecule has 0 spiro atoms. The molecule has 1 fully saturated rings. The second kappa shape index (κ2) is 6.04. The van der Waals surface area contributed by atoms with Crippen LogP contribution in [-0.4, -0.2) is 22.7 Å². The molecule has 0 aromatic carbocycles. The minimum Gasteiger partial charge on any atom is -0.354 e. The third-order valence-corrected chi connectivity index (χ3v) is 5.04. The van der Waals surface area contributed by atoms with Gasteiger partial charge in [-0.05, 0) is 44.6 Å². The van der Waals surface area contributed by atoms with Gasteiger partial charge in [-0.1, -0.05) is 26.7 Å². The van der Waals surface area contributed by atoms with Gasteiger partial charge in [-0.25, -0.2) is 0 Å². The maximum Gasteiger partial charge on any atom is 0.268 e. The molecule has 116 valence electrons. The first-order chi connectivity index (χ1) is 9.82. The van der Waals surface area contributed by atoms with Crippen LogP contribution in [0, 0.1) is 25.7 Å². The maximum atomic E-state index is 12.5. The average molecular weight is 290 g/mol. The lowest BCUT2D eigenvalue weighted by Crippen LogP contribution is -2.44. The highest BCUT2D eigenvalue weighted by Crippen LogP contribution is 2.30. The third-order valence-electron chi connectivity index (χ3n) is 5.04. The summed E-state index contributed by atoms with van der Waals surface area (Å²) in [5, 5.41) is 3.15. The van der Waals surface area contributed by atoms with E-state index in [1.165, 1.54) is 13.3 Å². The molecule has 0 unspecified atom stereocenters. The van der Waals surface area contributed by atoms with Crippen molar-refractivity contribution in [2.45, 2.75) is 59.9 Å². The van der Waals surface area contributed by atoms with Gasteiger partial charge in [0.05, 0.1) is 0 Å². The van der Waals surface area contributed by atoms with Crippen molar-refractivity contribution < 1.29 is 9.59 Å². The highest BCUT2D eigenvalue weighted by atomic mass is 16.2. The third kappa shape index (κ3) is 3.04. The number of rotatable bonds is 3. The lowest BCUT2D eigenvalue weighted by Gasteiger charge is -2.34. The molecule has 21 heavy (non-hydrogen) atoms. The van der Waals surface area contributed by atoms with E-state index in [0.29, 0.717) is 23.1 Å². The first-order valence-corrected chi connectivity index (χ1v) is 7.83. The summed E-state index contributed by atoms with van der Waals surface area (Å²) in [6, 6.07) is 0.227. The molecule has 1 aliphatic rings. The van der Waals surface area contributed by atoms with Crippen LogP contribution in [0.1, 0.15) is 72.1 Å². The summed E-state index contributed by atoms with van der Waals surface area (Å²) >= 11 is 0. The van der Waals surface area contributed by atoms with Crippen molar-refractivity contribution in [1.82, 2.24) is 10.3 Å². The Kier molecular flexibility index (Phi) is 4.55. The van der Waals surface area contributed by atoms with E-state index in [2.05, 4.69) is 24.1 Å². The molecule has 0 radical (unpaired) electrons. The van der Waals surface area contributed by atoms with Gasteiger partial charge < -0.3 is 10.3 Å². The van der Waals surface area contributed by atoms with Gasteiger partial charge in [-0.3, -0.25) is 9.59 Å². The summed E-state index contributed by atoms with van der Waals surface area (Å²) in [7, 11) is 0. The van der Waals surface area contributed by atoms with E-state index in [0.717, 1.165) is 24.1 Å². The van der Waals surface area contributed by atoms with Crippen molar-refractivity contribution in [3.8, 4) is 0 Å². The van der Waals surface area contributed by atoms with Crippen LogP contribution in [0.15, 0.2) is 0 Å². The number of hydrogen-bond donors (Lipinski definition) is 2. The maximum absolute atomic E-state index is 12.5. The number of carbonyl (C=O) groups excluding carboxylic acids is 2. The first kappa shape index (κ1) is 15.8. The number of aromatic amines is 1. The second-order valence-corrected chi connectivity index (χ2v) is 6.53. The molecule has 0 aliphatic heterocycles. The smallest absolute Gasteiger partial charge is 0.268 e. The first-order valence-electron chi connectivity index (χ1n) is 7.83. The molecule has 1 aliphatic carbocycles. The molecular formula is C17H26N2O2. The molecule has 2 N–H and O–H groups in total. The summed E-state index contributed by atoms with van der Waals surface area (Å²) in [6.45, 7) is 9.67. The van der Waals surface area contributed by atoms with Crippen LogP contribution in [0.4, 0.5) is 0 Å². The van der Waals surface area contributed by atoms with E-state index in [1.807, 2.05) is 13.8 Å². The van der Waals surface area contributed by atoms with Crippen LogP contribution in [0.5, 0.6) is 0 Å². The molecule has 1 aromatic heterocycles. The summed E-state index contributed by atoms with van der Waals surface area (Å²) in [4.78, 5) is 27.3. The number of ketones is 1. The number of Topliss-reactive ketones (excluding diaryl/α,β-unsaturated/α-hetero) is 1. The van der Waals surface area contributed by atoms with Gasteiger partial charge in [-0.2, -0.15) is 0 Å². The van der Waals surface area contributed by atoms with Gasteiger partial charge in [0, 0.05) is 17.3 Å². The summed E-state index contributed by atoms with van der Waals surface area (Å²) in [5.74, 6) is 1.05. The molecule has 3 atom stereocenters. The number of H-pyrrole nitrogens is 1. The van der Waals surface area contributed by atoms with Crippen LogP contribution in [0.3, 0.4) is 0 Å². The summed E-state index contributed by atoms with van der Waals surface area (Å²) in [5.41, 5.74) is 2.71. The van der Waals surface area contributed by atoms with Crippen molar-refractivity contribution >= 4 is 11.7 Å². The fraction of sp³-hybridized carbons (Fsp3) is 0.647. The van der Waals surface area contributed by atoms with Gasteiger partial charge in [0.2, 0.25) is 0 Å². The lowest BCUT2D eigenvalue weighted by molar-refractivity contribution is 0.0885. The molecule has 1 amide bonds. The van der Waals surface area contributed by atoms with Crippen molar-refractivity contribution in [1.29, 1.82) is 0 Å². The van der Waals surface area contributed by atoms with Crippen LogP contribution in [0.2, 0.25) is 0 Å². The van der Waals surface area contributed by atoms with Crippen molar-refractivity contribution in [3.63, 3.8) is 0 Å². The average Bonchev–Trinajstić information content (AvgIpc) is 2.70. The molecule has 2 rings (SSSR count). The Hall–Kier alpha value is -1.58. The Labute approximate surface area is 126 Å². The fourth-order valence-electron chi connectivity index (χ4n) is 3.53. The van der Waals surface area contributed by atoms with Crippen LogP contribution in [0.25, 0.3) is 0 Å². The number of amides is 1. The Balaban J connectivity index is 2.18. The number of nitrogens with one attached hydrogen (secondary N) is 2. The SMILES string of the molecule is CC(=O)c1c(C)[nH]c(C(=O)N[C@@H]2CCC[C@H](C)[C@H]2C)c1C. The van der Waals surface area contributed by atoms with E-state index < -0.39 is 0 Å². The molecule has 0 saturated heterocycles. The van der Waals surface area contributed by atoms with E-state index in [1.54, 1.807) is 0 Å². The standard InChI is InChI=1S/C17H26N2O2/c1-9-7-6-8-14(10(9)2)19-17(21)16-11(3)15(13(5)20)12(4)18-16/h9-10,14,18H,6-8H2,1-5H3,(H,19,21)/t9-,10+,14+/m0/s1. The van der Waals surface area contributed by atoms with Gasteiger partial charge in [-0.15, -0.1) is 0 Å². The van der Waals surface area contributed by atoms with Gasteiger partial charge in [0.15, 0.2) is 5.78 Å². The van der Waals surface area contributed by atoms with Crippen LogP contribution < -0.4 is 5.32 Å². The summed E-state index contributed by atoms with van der Waals surface area (Å²) in [6.07, 6.45) is 3.44. The zero-order valence-corrected chi connectivity index (χ0v) is 13.7. The number of carbonyl (C=O) groups is 2. The van der Waals surface area contributed by atoms with Gasteiger partial charge >= 0.3 is 0 Å². The van der Waals surface area contributed by atoms with E-state index in [4.69, 9.17) is 0 Å². The molecular weight excluding hydrogens is 264 g/mol. The Morgan fingerprint density at radius 3 is 2.43 bits per heavy atom. The Morgan fingerprint density at radius 1 is 1.19 bits per heavy atom. The quantitative estimate of drug-likeness (QED) is 0.838. The Bertz CT molecular complexity index is 559. The largest absolute Gasteiger partial charge is 0.354 e. The summed E-state index contributed by atoms with van der Waals surface area (Å²) < 4.78 is 0. The zero-order chi connectivity index (χ0) is 15.7. The monoisotopic (exact) mass is 290 g/mol. The van der Waals surface area contributed by atoms with Gasteiger partial charge in [0.1, 0.15) is 5.69 Å².